The van der Waals surface area contributed by atoms with Crippen LogP contribution in [-0.2, 0) is 14.3 Å². The van der Waals surface area contributed by atoms with Crippen LogP contribution >= 0.6 is 11.6 Å². The molecule has 0 saturated heterocycles. The van der Waals surface area contributed by atoms with E-state index in [9.17, 15) is 12.8 Å². The van der Waals surface area contributed by atoms with Crippen LogP contribution in [-0.4, -0.2) is 14.7 Å². The topological polar surface area (TPSA) is 43.4 Å². The van der Waals surface area contributed by atoms with E-state index in [4.69, 9.17) is 15.8 Å². The molecule has 0 aliphatic rings. The maximum absolute atomic E-state index is 12.8. The molecule has 0 saturated carbocycles. The van der Waals surface area contributed by atoms with Crippen molar-refractivity contribution in [3.05, 3.63) is 34.6 Å². The first-order chi connectivity index (χ1) is 6.79. The maximum atomic E-state index is 12.8. The number of hydrogen-bond donors (Lipinski definition) is 0. The monoisotopic (exact) mass is 252 g/mol. The highest BCUT2D eigenvalue weighted by Crippen LogP contribution is 2.23. The summed E-state index contributed by atoms with van der Waals surface area (Å²) in [4.78, 5) is 0. The van der Waals surface area contributed by atoms with E-state index in [0.29, 0.717) is 5.56 Å². The van der Waals surface area contributed by atoms with Crippen molar-refractivity contribution in [1.82, 2.24) is 0 Å². The molecule has 0 aliphatic heterocycles. The maximum Gasteiger partial charge on any atom is 0.264 e. The van der Waals surface area contributed by atoms with Crippen molar-refractivity contribution in [2.24, 2.45) is 0 Å². The number of hydrogen-bond acceptors (Lipinski definition) is 3. The van der Waals surface area contributed by atoms with Crippen molar-refractivity contribution >= 4 is 21.7 Å². The van der Waals surface area contributed by atoms with Crippen molar-refractivity contribution in [2.45, 2.75) is 13.0 Å². The lowest BCUT2D eigenvalue weighted by molar-refractivity contribution is 0.236. The molecule has 0 radical (unpaired) electrons. The van der Waals surface area contributed by atoms with Crippen LogP contribution in [0.15, 0.2) is 18.2 Å². The van der Waals surface area contributed by atoms with E-state index in [-0.39, 0.29) is 5.02 Å². The Morgan fingerprint density at radius 1 is 1.47 bits per heavy atom. The Balaban J connectivity index is 2.92. The van der Waals surface area contributed by atoms with Crippen LogP contribution in [0, 0.1) is 5.82 Å². The molecule has 0 fully saturated rings. The van der Waals surface area contributed by atoms with E-state index in [1.54, 1.807) is 6.92 Å². The molecule has 1 unspecified atom stereocenters. The number of benzene rings is 1. The van der Waals surface area contributed by atoms with Gasteiger partial charge in [0.1, 0.15) is 5.82 Å². The predicted octanol–water partition coefficient (Wildman–Crippen LogP) is 2.52. The van der Waals surface area contributed by atoms with Crippen molar-refractivity contribution < 1.29 is 17.0 Å². The van der Waals surface area contributed by atoms with Crippen LogP contribution < -0.4 is 0 Å². The van der Waals surface area contributed by atoms with Gasteiger partial charge in [-0.1, -0.05) is 17.7 Å². The molecule has 3 nitrogen and oxygen atoms in total. The summed E-state index contributed by atoms with van der Waals surface area (Å²) in [6.07, 6.45) is 0.271. The Hall–Kier alpha value is -0.650. The molecule has 15 heavy (non-hydrogen) atoms. The van der Waals surface area contributed by atoms with Crippen molar-refractivity contribution in [3.63, 3.8) is 0 Å². The van der Waals surface area contributed by atoms with Crippen molar-refractivity contribution in [1.29, 1.82) is 0 Å². The van der Waals surface area contributed by atoms with Crippen LogP contribution in [0.2, 0.25) is 5.02 Å². The van der Waals surface area contributed by atoms with E-state index in [2.05, 4.69) is 0 Å². The fourth-order valence-electron chi connectivity index (χ4n) is 1.08. The average molecular weight is 253 g/mol. The molecule has 0 amide bonds. The van der Waals surface area contributed by atoms with Gasteiger partial charge in [-0.15, -0.1) is 0 Å². The fourth-order valence-corrected chi connectivity index (χ4v) is 1.91. The van der Waals surface area contributed by atoms with Gasteiger partial charge in [-0.25, -0.2) is 4.39 Å². The minimum absolute atomic E-state index is 0.0588. The van der Waals surface area contributed by atoms with Crippen LogP contribution in [0.5, 0.6) is 0 Å². The van der Waals surface area contributed by atoms with Crippen LogP contribution in [0.3, 0.4) is 0 Å². The molecule has 0 N–H and O–H groups in total. The molecule has 6 heteroatoms. The van der Waals surface area contributed by atoms with Crippen LogP contribution in [0.4, 0.5) is 4.39 Å². The first-order valence-corrected chi connectivity index (χ1v) is 6.32. The highest BCUT2D eigenvalue weighted by atomic mass is 35.5. The Morgan fingerprint density at radius 3 is 2.53 bits per heavy atom. The molecule has 0 heterocycles. The van der Waals surface area contributed by atoms with E-state index in [1.807, 2.05) is 0 Å². The van der Waals surface area contributed by atoms with Gasteiger partial charge in [0.05, 0.1) is 17.4 Å². The summed E-state index contributed by atoms with van der Waals surface area (Å²) in [5.74, 6) is -0.549. The molecule has 1 aromatic rings. The van der Waals surface area contributed by atoms with E-state index in [1.165, 1.54) is 18.2 Å². The van der Waals surface area contributed by atoms with E-state index in [0.717, 1.165) is 6.26 Å². The normalized spacial score (nSPS) is 13.9. The summed E-state index contributed by atoms with van der Waals surface area (Å²) in [6, 6.07) is 3.93. The SMILES string of the molecule is CC(OS(C)(=O)=O)c1ccc(F)c(Cl)c1. The molecule has 1 rings (SSSR count). The van der Waals surface area contributed by atoms with E-state index >= 15 is 0 Å². The lowest BCUT2D eigenvalue weighted by Gasteiger charge is -2.11. The van der Waals surface area contributed by atoms with Gasteiger partial charge >= 0.3 is 0 Å². The third-order valence-electron chi connectivity index (χ3n) is 1.73. The van der Waals surface area contributed by atoms with Gasteiger partial charge in [0.15, 0.2) is 0 Å². The summed E-state index contributed by atoms with van der Waals surface area (Å²) in [7, 11) is -3.53. The molecule has 1 atom stereocenters. The molecule has 0 aliphatic carbocycles. The summed E-state index contributed by atoms with van der Waals surface area (Å²) in [6.45, 7) is 1.55. The zero-order valence-corrected chi connectivity index (χ0v) is 9.77. The van der Waals surface area contributed by atoms with Crippen LogP contribution in [0.1, 0.15) is 18.6 Å². The lowest BCUT2D eigenvalue weighted by atomic mass is 10.1. The van der Waals surface area contributed by atoms with Gasteiger partial charge in [0, 0.05) is 0 Å². The molecular weight excluding hydrogens is 243 g/mol. The summed E-state index contributed by atoms with van der Waals surface area (Å²) >= 11 is 5.55. The predicted molar refractivity (Wildman–Crippen MR) is 55.8 cm³/mol. The van der Waals surface area contributed by atoms with Gasteiger partial charge in [0.25, 0.3) is 10.1 Å². The number of rotatable bonds is 3. The van der Waals surface area contributed by atoms with Gasteiger partial charge < -0.3 is 0 Å². The first-order valence-electron chi connectivity index (χ1n) is 4.13. The van der Waals surface area contributed by atoms with Crippen LogP contribution in [0.25, 0.3) is 0 Å². The lowest BCUT2D eigenvalue weighted by Crippen LogP contribution is -2.07. The number of halogens is 2. The summed E-state index contributed by atoms with van der Waals surface area (Å²) < 4.78 is 39.2. The van der Waals surface area contributed by atoms with Gasteiger partial charge in [-0.3, -0.25) is 4.18 Å². The second-order valence-electron chi connectivity index (χ2n) is 3.12. The second kappa shape index (κ2) is 4.47. The van der Waals surface area contributed by atoms with E-state index < -0.39 is 22.0 Å². The Labute approximate surface area is 92.9 Å². The minimum atomic E-state index is -3.53. The van der Waals surface area contributed by atoms with Crippen molar-refractivity contribution in [2.75, 3.05) is 6.26 Å². The first kappa shape index (κ1) is 12.4. The Morgan fingerprint density at radius 2 is 2.07 bits per heavy atom. The summed E-state index contributed by atoms with van der Waals surface area (Å²) in [5, 5.41) is -0.0588. The van der Waals surface area contributed by atoms with Crippen molar-refractivity contribution in [3.8, 4) is 0 Å². The molecule has 0 spiro atoms. The zero-order valence-electron chi connectivity index (χ0n) is 8.20. The highest BCUT2D eigenvalue weighted by Gasteiger charge is 2.13. The fraction of sp³-hybridized carbons (Fsp3) is 0.333. The summed E-state index contributed by atoms with van der Waals surface area (Å²) in [5.41, 5.74) is 0.506. The van der Waals surface area contributed by atoms with Gasteiger partial charge in [-0.05, 0) is 24.6 Å². The van der Waals surface area contributed by atoms with Gasteiger partial charge in [0.2, 0.25) is 0 Å². The second-order valence-corrected chi connectivity index (χ2v) is 5.12. The smallest absolute Gasteiger partial charge is 0.262 e. The quantitative estimate of drug-likeness (QED) is 0.777. The van der Waals surface area contributed by atoms with Gasteiger partial charge in [-0.2, -0.15) is 8.42 Å². The molecule has 1 aromatic carbocycles. The third kappa shape index (κ3) is 3.77. The Bertz CT molecular complexity index is 458. The molecule has 0 aromatic heterocycles. The standard InChI is InChI=1S/C9H10ClFO3S/c1-6(14-15(2,12)13)7-3-4-9(11)8(10)5-7/h3-6H,1-2H3. The average Bonchev–Trinajstić information content (AvgIpc) is 2.06. The third-order valence-corrected chi connectivity index (χ3v) is 2.66. The molecule has 84 valence electrons. The largest absolute Gasteiger partial charge is 0.264 e. The molecular formula is C9H10ClFO3S. The zero-order chi connectivity index (χ0) is 11.6. The minimum Gasteiger partial charge on any atom is -0.262 e. The molecule has 0 bridgehead atoms. The Kier molecular flexibility index (Phi) is 3.70. The highest BCUT2D eigenvalue weighted by molar-refractivity contribution is 7.86.